The van der Waals surface area contributed by atoms with Crippen LogP contribution in [0.15, 0.2) is 30.3 Å². The van der Waals surface area contributed by atoms with E-state index in [1.807, 2.05) is 30.3 Å². The summed E-state index contributed by atoms with van der Waals surface area (Å²) in [7, 11) is 0. The van der Waals surface area contributed by atoms with Crippen molar-refractivity contribution < 1.29 is 14.9 Å². The van der Waals surface area contributed by atoms with Crippen molar-refractivity contribution in [2.75, 3.05) is 13.2 Å². The Balaban J connectivity index is 1.82. The molecule has 1 saturated carbocycles. The van der Waals surface area contributed by atoms with Gasteiger partial charge in [0.1, 0.15) is 0 Å². The van der Waals surface area contributed by atoms with Gasteiger partial charge in [-0.3, -0.25) is 0 Å². The van der Waals surface area contributed by atoms with Crippen molar-refractivity contribution in [3.63, 3.8) is 0 Å². The Hall–Kier alpha value is -0.900. The Bertz CT molecular complexity index is 325. The zero-order valence-corrected chi connectivity index (χ0v) is 9.96. The van der Waals surface area contributed by atoms with Crippen LogP contribution in [0.5, 0.6) is 0 Å². The minimum atomic E-state index is -0.851. The van der Waals surface area contributed by atoms with Crippen LogP contribution in [0, 0.1) is 11.8 Å². The Morgan fingerprint density at radius 1 is 1.18 bits per heavy atom. The first-order valence-electron chi connectivity index (χ1n) is 6.26. The van der Waals surface area contributed by atoms with Gasteiger partial charge in [0.15, 0.2) is 6.29 Å². The molecule has 3 unspecified atom stereocenters. The van der Waals surface area contributed by atoms with E-state index in [4.69, 9.17) is 4.74 Å². The number of aliphatic hydroxyl groups excluding tert-OH is 2. The van der Waals surface area contributed by atoms with Gasteiger partial charge in [0.2, 0.25) is 0 Å². The fourth-order valence-corrected chi connectivity index (χ4v) is 2.50. The second-order valence-corrected chi connectivity index (χ2v) is 4.73. The van der Waals surface area contributed by atoms with Crippen molar-refractivity contribution in [2.45, 2.75) is 25.6 Å². The highest BCUT2D eigenvalue weighted by Gasteiger charge is 2.27. The molecular formula is C14H20O3. The molecule has 0 radical (unpaired) electrons. The smallest absolute Gasteiger partial charge is 0.181 e. The molecule has 1 aliphatic carbocycles. The number of benzene rings is 1. The molecule has 17 heavy (non-hydrogen) atoms. The van der Waals surface area contributed by atoms with E-state index in [-0.39, 0.29) is 6.61 Å². The molecule has 0 heterocycles. The number of hydrogen-bond donors (Lipinski definition) is 2. The molecule has 3 nitrogen and oxygen atoms in total. The van der Waals surface area contributed by atoms with Crippen LogP contribution in [0.1, 0.15) is 31.1 Å². The van der Waals surface area contributed by atoms with E-state index in [0.29, 0.717) is 18.4 Å². The Kier molecular flexibility index (Phi) is 4.54. The standard InChI is InChI=1S/C14H20O3/c15-9-12-7-4-8-13(12)10-17-14(16)11-5-2-1-3-6-11/h1-3,5-6,12-16H,4,7-10H2. The molecule has 3 heteroatoms. The van der Waals surface area contributed by atoms with Crippen LogP contribution in [-0.4, -0.2) is 23.4 Å². The molecule has 1 aromatic carbocycles. The second kappa shape index (κ2) is 6.15. The van der Waals surface area contributed by atoms with Gasteiger partial charge in [-0.2, -0.15) is 0 Å². The van der Waals surface area contributed by atoms with E-state index in [1.54, 1.807) is 0 Å². The molecule has 0 amide bonds. The summed E-state index contributed by atoms with van der Waals surface area (Å²) in [6, 6.07) is 9.38. The van der Waals surface area contributed by atoms with E-state index in [0.717, 1.165) is 24.8 Å². The van der Waals surface area contributed by atoms with E-state index < -0.39 is 6.29 Å². The molecule has 3 atom stereocenters. The van der Waals surface area contributed by atoms with E-state index in [9.17, 15) is 10.2 Å². The topological polar surface area (TPSA) is 49.7 Å². The van der Waals surface area contributed by atoms with Gasteiger partial charge in [0.05, 0.1) is 6.61 Å². The summed E-state index contributed by atoms with van der Waals surface area (Å²) in [6.45, 7) is 0.761. The maximum Gasteiger partial charge on any atom is 0.181 e. The van der Waals surface area contributed by atoms with Crippen molar-refractivity contribution in [3.8, 4) is 0 Å². The molecule has 0 spiro atoms. The van der Waals surface area contributed by atoms with E-state index in [1.165, 1.54) is 0 Å². The lowest BCUT2D eigenvalue weighted by atomic mass is 9.98. The molecular weight excluding hydrogens is 216 g/mol. The molecule has 0 bridgehead atoms. The molecule has 2 N–H and O–H groups in total. The maximum atomic E-state index is 9.86. The largest absolute Gasteiger partial charge is 0.396 e. The first kappa shape index (κ1) is 12.6. The Labute approximate surface area is 102 Å². The highest BCUT2D eigenvalue weighted by molar-refractivity contribution is 5.15. The summed E-state index contributed by atoms with van der Waals surface area (Å²) in [4.78, 5) is 0. The third kappa shape index (κ3) is 3.28. The number of aliphatic hydroxyl groups is 2. The van der Waals surface area contributed by atoms with E-state index in [2.05, 4.69) is 0 Å². The van der Waals surface area contributed by atoms with Crippen LogP contribution < -0.4 is 0 Å². The fourth-order valence-electron chi connectivity index (χ4n) is 2.50. The average molecular weight is 236 g/mol. The molecule has 1 aliphatic rings. The van der Waals surface area contributed by atoms with Crippen LogP contribution >= 0.6 is 0 Å². The van der Waals surface area contributed by atoms with Crippen molar-refractivity contribution in [2.24, 2.45) is 11.8 Å². The van der Waals surface area contributed by atoms with Gasteiger partial charge in [0.25, 0.3) is 0 Å². The minimum absolute atomic E-state index is 0.232. The van der Waals surface area contributed by atoms with Gasteiger partial charge < -0.3 is 14.9 Å². The summed E-state index contributed by atoms with van der Waals surface area (Å²) < 4.78 is 5.49. The number of rotatable bonds is 5. The SMILES string of the molecule is OCC1CCCC1COC(O)c1ccccc1. The fraction of sp³-hybridized carbons (Fsp3) is 0.571. The van der Waals surface area contributed by atoms with Crippen molar-refractivity contribution in [1.82, 2.24) is 0 Å². The average Bonchev–Trinajstić information content (AvgIpc) is 2.84. The Morgan fingerprint density at radius 3 is 2.59 bits per heavy atom. The van der Waals surface area contributed by atoms with Gasteiger partial charge in [-0.1, -0.05) is 36.8 Å². The molecule has 1 fully saturated rings. The van der Waals surface area contributed by atoms with Gasteiger partial charge in [-0.05, 0) is 24.7 Å². The van der Waals surface area contributed by atoms with Crippen LogP contribution in [0.3, 0.4) is 0 Å². The van der Waals surface area contributed by atoms with Gasteiger partial charge in [-0.25, -0.2) is 0 Å². The zero-order chi connectivity index (χ0) is 12.1. The lowest BCUT2D eigenvalue weighted by Crippen LogP contribution is -2.19. The van der Waals surface area contributed by atoms with E-state index >= 15 is 0 Å². The summed E-state index contributed by atoms with van der Waals surface area (Å²) in [5.74, 6) is 0.733. The highest BCUT2D eigenvalue weighted by Crippen LogP contribution is 2.32. The predicted octanol–water partition coefficient (Wildman–Crippen LogP) is 2.10. The highest BCUT2D eigenvalue weighted by atomic mass is 16.6. The number of hydrogen-bond acceptors (Lipinski definition) is 3. The molecule has 1 aromatic rings. The molecule has 2 rings (SSSR count). The van der Waals surface area contributed by atoms with Crippen LogP contribution in [0.2, 0.25) is 0 Å². The third-order valence-corrected chi connectivity index (χ3v) is 3.60. The minimum Gasteiger partial charge on any atom is -0.396 e. The first-order valence-corrected chi connectivity index (χ1v) is 6.26. The zero-order valence-electron chi connectivity index (χ0n) is 9.96. The maximum absolute atomic E-state index is 9.86. The molecule has 0 aliphatic heterocycles. The lowest BCUT2D eigenvalue weighted by molar-refractivity contribution is -0.117. The normalized spacial score (nSPS) is 26.0. The second-order valence-electron chi connectivity index (χ2n) is 4.73. The summed E-state index contributed by atoms with van der Waals surface area (Å²) >= 11 is 0. The van der Waals surface area contributed by atoms with Crippen LogP contribution in [0.25, 0.3) is 0 Å². The van der Waals surface area contributed by atoms with Gasteiger partial charge in [-0.15, -0.1) is 0 Å². The monoisotopic (exact) mass is 236 g/mol. The van der Waals surface area contributed by atoms with Crippen molar-refractivity contribution in [3.05, 3.63) is 35.9 Å². The van der Waals surface area contributed by atoms with Crippen molar-refractivity contribution >= 4 is 0 Å². The molecule has 94 valence electrons. The van der Waals surface area contributed by atoms with Crippen LogP contribution in [0.4, 0.5) is 0 Å². The van der Waals surface area contributed by atoms with Crippen molar-refractivity contribution in [1.29, 1.82) is 0 Å². The lowest BCUT2D eigenvalue weighted by Gasteiger charge is -2.20. The number of ether oxygens (including phenoxy) is 1. The quantitative estimate of drug-likeness (QED) is 0.770. The predicted molar refractivity (Wildman–Crippen MR) is 65.3 cm³/mol. The molecule has 0 aromatic heterocycles. The van der Waals surface area contributed by atoms with Gasteiger partial charge in [0, 0.05) is 12.2 Å². The third-order valence-electron chi connectivity index (χ3n) is 3.60. The first-order chi connectivity index (χ1) is 8.31. The summed E-state index contributed by atoms with van der Waals surface area (Å²) in [6.07, 6.45) is 2.47. The summed E-state index contributed by atoms with van der Waals surface area (Å²) in [5.41, 5.74) is 0.783. The van der Waals surface area contributed by atoms with Gasteiger partial charge >= 0.3 is 0 Å². The van der Waals surface area contributed by atoms with Crippen LogP contribution in [-0.2, 0) is 4.74 Å². The Morgan fingerprint density at radius 2 is 1.88 bits per heavy atom. The molecule has 0 saturated heterocycles. The summed E-state index contributed by atoms with van der Waals surface area (Å²) in [5, 5.41) is 19.1.